The van der Waals surface area contributed by atoms with Crippen LogP contribution in [0.5, 0.6) is 0 Å². The van der Waals surface area contributed by atoms with Crippen molar-refractivity contribution in [2.24, 2.45) is 5.92 Å². The molecule has 0 bridgehead atoms. The largest absolute Gasteiger partial charge is 0.451 e. The first-order valence-electron chi connectivity index (χ1n) is 7.85. The van der Waals surface area contributed by atoms with Gasteiger partial charge in [0, 0.05) is 15.0 Å². The maximum atomic E-state index is 12.1. The summed E-state index contributed by atoms with van der Waals surface area (Å²) in [6, 6.07) is 9.14. The Morgan fingerprint density at radius 1 is 1.33 bits per heavy atom. The molecule has 1 aromatic carbocycles. The third-order valence-electron chi connectivity index (χ3n) is 3.99. The van der Waals surface area contributed by atoms with E-state index < -0.39 is 5.97 Å². The second kappa shape index (κ2) is 7.49. The molecule has 126 valence electrons. The zero-order chi connectivity index (χ0) is 17.1. The van der Waals surface area contributed by atoms with E-state index in [1.165, 1.54) is 21.8 Å². The molecular weight excluding hydrogens is 390 g/mol. The molecule has 1 amide bonds. The molecule has 0 aliphatic heterocycles. The van der Waals surface area contributed by atoms with E-state index in [9.17, 15) is 9.59 Å². The number of rotatable bonds is 4. The number of anilines is 1. The van der Waals surface area contributed by atoms with Gasteiger partial charge in [-0.15, -0.1) is 11.3 Å². The zero-order valence-corrected chi connectivity index (χ0v) is 15.7. The molecule has 3 rings (SSSR count). The zero-order valence-electron chi connectivity index (χ0n) is 13.3. The van der Waals surface area contributed by atoms with Gasteiger partial charge in [0.15, 0.2) is 6.61 Å². The van der Waals surface area contributed by atoms with E-state index in [1.807, 2.05) is 18.2 Å². The SMILES string of the molecule is C[C@@H]1CCc2sc(C(=O)OCC(=O)Nc3ccc(Br)cc3)cc2C1. The summed E-state index contributed by atoms with van der Waals surface area (Å²) < 4.78 is 6.07. The Labute approximate surface area is 153 Å². The van der Waals surface area contributed by atoms with Gasteiger partial charge in [-0.1, -0.05) is 22.9 Å². The summed E-state index contributed by atoms with van der Waals surface area (Å²) in [6.07, 6.45) is 3.21. The molecule has 4 nitrogen and oxygen atoms in total. The van der Waals surface area contributed by atoms with Crippen LogP contribution in [0.3, 0.4) is 0 Å². The maximum absolute atomic E-state index is 12.1. The van der Waals surface area contributed by atoms with Gasteiger partial charge in [0.2, 0.25) is 0 Å². The van der Waals surface area contributed by atoms with Gasteiger partial charge in [-0.25, -0.2) is 4.79 Å². The number of aryl methyl sites for hydroxylation is 1. The first kappa shape index (κ1) is 17.2. The van der Waals surface area contributed by atoms with Crippen LogP contribution in [0.1, 0.15) is 33.5 Å². The van der Waals surface area contributed by atoms with Crippen molar-refractivity contribution in [2.45, 2.75) is 26.2 Å². The molecule has 2 aromatic rings. The standard InChI is InChI=1S/C18H18BrNO3S/c1-11-2-7-15-12(8-11)9-16(24-15)18(22)23-10-17(21)20-14-5-3-13(19)4-6-14/h3-6,9,11H,2,7-8,10H2,1H3,(H,20,21)/t11-/m1/s1. The Hall–Kier alpha value is -1.66. The van der Waals surface area contributed by atoms with E-state index >= 15 is 0 Å². The normalized spacial score (nSPS) is 16.3. The van der Waals surface area contributed by atoms with E-state index in [2.05, 4.69) is 28.2 Å². The smallest absolute Gasteiger partial charge is 0.348 e. The fourth-order valence-corrected chi connectivity index (χ4v) is 4.11. The fraction of sp³-hybridized carbons (Fsp3) is 0.333. The molecule has 0 saturated carbocycles. The fourth-order valence-electron chi connectivity index (χ4n) is 2.74. The summed E-state index contributed by atoms with van der Waals surface area (Å²) in [4.78, 5) is 25.9. The van der Waals surface area contributed by atoms with Crippen molar-refractivity contribution in [2.75, 3.05) is 11.9 Å². The number of carbonyl (C=O) groups excluding carboxylic acids is 2. The molecule has 1 atom stereocenters. The Morgan fingerprint density at radius 3 is 2.83 bits per heavy atom. The molecule has 0 fully saturated rings. The lowest BCUT2D eigenvalue weighted by Gasteiger charge is -2.16. The predicted molar refractivity (Wildman–Crippen MR) is 98.6 cm³/mol. The summed E-state index contributed by atoms with van der Waals surface area (Å²) >= 11 is 4.83. The number of thiophene rings is 1. The molecule has 1 N–H and O–H groups in total. The third-order valence-corrected chi connectivity index (χ3v) is 5.74. The Kier molecular flexibility index (Phi) is 5.36. The molecule has 0 spiro atoms. The number of hydrogen-bond acceptors (Lipinski definition) is 4. The molecular formula is C18H18BrNO3S. The van der Waals surface area contributed by atoms with E-state index in [4.69, 9.17) is 4.74 Å². The van der Waals surface area contributed by atoms with Crippen LogP contribution in [0.2, 0.25) is 0 Å². The van der Waals surface area contributed by atoms with Crippen molar-refractivity contribution >= 4 is 44.8 Å². The van der Waals surface area contributed by atoms with Crippen LogP contribution in [-0.2, 0) is 22.4 Å². The Morgan fingerprint density at radius 2 is 2.08 bits per heavy atom. The van der Waals surface area contributed by atoms with Crippen molar-refractivity contribution in [1.82, 2.24) is 0 Å². The Bertz CT molecular complexity index is 754. The highest BCUT2D eigenvalue weighted by molar-refractivity contribution is 9.10. The number of amides is 1. The summed E-state index contributed by atoms with van der Waals surface area (Å²) in [7, 11) is 0. The number of esters is 1. The van der Waals surface area contributed by atoms with Crippen molar-refractivity contribution in [3.8, 4) is 0 Å². The first-order chi connectivity index (χ1) is 11.5. The second-order valence-electron chi connectivity index (χ2n) is 6.04. The molecule has 0 saturated heterocycles. The molecule has 1 aliphatic rings. The molecule has 1 aromatic heterocycles. The number of nitrogens with one attached hydrogen (secondary N) is 1. The first-order valence-corrected chi connectivity index (χ1v) is 9.46. The minimum absolute atomic E-state index is 0.284. The number of halogens is 1. The lowest BCUT2D eigenvalue weighted by molar-refractivity contribution is -0.119. The minimum atomic E-state index is -0.423. The summed E-state index contributed by atoms with van der Waals surface area (Å²) in [5.74, 6) is -0.110. The van der Waals surface area contributed by atoms with Gasteiger partial charge in [-0.2, -0.15) is 0 Å². The second-order valence-corrected chi connectivity index (χ2v) is 8.09. The molecule has 1 aliphatic carbocycles. The highest BCUT2D eigenvalue weighted by atomic mass is 79.9. The number of fused-ring (bicyclic) bond motifs is 1. The van der Waals surface area contributed by atoms with Gasteiger partial charge < -0.3 is 10.1 Å². The average molecular weight is 408 g/mol. The van der Waals surface area contributed by atoms with Crippen LogP contribution in [0, 0.1) is 5.92 Å². The molecule has 24 heavy (non-hydrogen) atoms. The van der Waals surface area contributed by atoms with Gasteiger partial charge in [0.1, 0.15) is 4.88 Å². The summed E-state index contributed by atoms with van der Waals surface area (Å²) in [6.45, 7) is 1.94. The van der Waals surface area contributed by atoms with Crippen molar-refractivity contribution in [3.05, 3.63) is 50.1 Å². The van der Waals surface area contributed by atoms with Crippen molar-refractivity contribution in [1.29, 1.82) is 0 Å². The lowest BCUT2D eigenvalue weighted by atomic mass is 9.90. The van der Waals surface area contributed by atoms with Crippen LogP contribution < -0.4 is 5.32 Å². The van der Waals surface area contributed by atoms with Gasteiger partial charge in [-0.3, -0.25) is 4.79 Å². The van der Waals surface area contributed by atoms with Crippen LogP contribution >= 0.6 is 27.3 Å². The predicted octanol–water partition coefficient (Wildman–Crippen LogP) is 4.43. The van der Waals surface area contributed by atoms with E-state index in [0.29, 0.717) is 16.5 Å². The molecule has 0 unspecified atom stereocenters. The van der Waals surface area contributed by atoms with Crippen LogP contribution in [0.4, 0.5) is 5.69 Å². The highest BCUT2D eigenvalue weighted by Crippen LogP contribution is 2.32. The van der Waals surface area contributed by atoms with Gasteiger partial charge in [0.25, 0.3) is 5.91 Å². The number of ether oxygens (including phenoxy) is 1. The monoisotopic (exact) mass is 407 g/mol. The maximum Gasteiger partial charge on any atom is 0.348 e. The highest BCUT2D eigenvalue weighted by Gasteiger charge is 2.21. The number of benzene rings is 1. The molecule has 0 radical (unpaired) electrons. The van der Waals surface area contributed by atoms with Crippen LogP contribution in [0.15, 0.2) is 34.8 Å². The van der Waals surface area contributed by atoms with Gasteiger partial charge >= 0.3 is 5.97 Å². The third kappa shape index (κ3) is 4.24. The number of hydrogen-bond donors (Lipinski definition) is 1. The summed E-state index contributed by atoms with van der Waals surface area (Å²) in [5.41, 5.74) is 1.92. The van der Waals surface area contributed by atoms with Crippen molar-refractivity contribution in [3.63, 3.8) is 0 Å². The quantitative estimate of drug-likeness (QED) is 0.762. The molecule has 6 heteroatoms. The lowest BCUT2D eigenvalue weighted by Crippen LogP contribution is -2.20. The minimum Gasteiger partial charge on any atom is -0.451 e. The summed E-state index contributed by atoms with van der Waals surface area (Å²) in [5, 5.41) is 2.70. The van der Waals surface area contributed by atoms with E-state index in [-0.39, 0.29) is 12.5 Å². The topological polar surface area (TPSA) is 55.4 Å². The van der Waals surface area contributed by atoms with Crippen LogP contribution in [0.25, 0.3) is 0 Å². The average Bonchev–Trinajstić information content (AvgIpc) is 2.98. The van der Waals surface area contributed by atoms with Crippen LogP contribution in [-0.4, -0.2) is 18.5 Å². The Balaban J connectivity index is 1.53. The van der Waals surface area contributed by atoms with Gasteiger partial charge in [0.05, 0.1) is 0 Å². The van der Waals surface area contributed by atoms with E-state index in [1.54, 1.807) is 12.1 Å². The van der Waals surface area contributed by atoms with Gasteiger partial charge in [-0.05, 0) is 61.1 Å². The number of carbonyl (C=O) groups is 2. The molecule has 1 heterocycles. The van der Waals surface area contributed by atoms with Crippen molar-refractivity contribution < 1.29 is 14.3 Å². The van der Waals surface area contributed by atoms with E-state index in [0.717, 1.165) is 23.7 Å².